The van der Waals surface area contributed by atoms with Gasteiger partial charge in [-0.3, -0.25) is 4.79 Å². The molecule has 39 heavy (non-hydrogen) atoms. The number of allylic oxidation sites excluding steroid dienone is 9. The van der Waals surface area contributed by atoms with E-state index in [-0.39, 0.29) is 11.7 Å². The number of carbonyl (C=O) groups excluding carboxylic acids is 2. The van der Waals surface area contributed by atoms with Gasteiger partial charge in [-0.25, -0.2) is 0 Å². The molecule has 0 heterocycles. The summed E-state index contributed by atoms with van der Waals surface area (Å²) < 4.78 is 0. The van der Waals surface area contributed by atoms with E-state index in [2.05, 4.69) is 71.9 Å². The molecule has 0 fully saturated rings. The lowest BCUT2D eigenvalue weighted by molar-refractivity contribution is -0.127. The molecule has 0 aliphatic rings. The first-order valence-electron chi connectivity index (χ1n) is 15.7. The van der Waals surface area contributed by atoms with Crippen LogP contribution in [-0.4, -0.2) is 29.7 Å². The van der Waals surface area contributed by atoms with Crippen molar-refractivity contribution >= 4 is 11.7 Å². The highest BCUT2D eigenvalue weighted by molar-refractivity contribution is 5.92. The number of amides is 1. The third-order valence-electron chi connectivity index (χ3n) is 7.26. The van der Waals surface area contributed by atoms with Crippen molar-refractivity contribution in [1.82, 2.24) is 4.90 Å². The van der Waals surface area contributed by atoms with Crippen molar-refractivity contribution < 1.29 is 9.59 Å². The largest absolute Gasteiger partial charge is 0.339 e. The first-order chi connectivity index (χ1) is 18.6. The van der Waals surface area contributed by atoms with Gasteiger partial charge in [0.15, 0.2) is 0 Å². The summed E-state index contributed by atoms with van der Waals surface area (Å²) in [5, 5.41) is 0. The number of unbranched alkanes of at least 4 members (excludes halogenated alkanes) is 2. The van der Waals surface area contributed by atoms with Crippen LogP contribution < -0.4 is 0 Å². The molecule has 0 spiro atoms. The van der Waals surface area contributed by atoms with Gasteiger partial charge >= 0.3 is 0 Å². The van der Waals surface area contributed by atoms with E-state index in [1.165, 1.54) is 22.3 Å². The molecule has 0 bridgehead atoms. The average molecular weight is 540 g/mol. The van der Waals surface area contributed by atoms with Crippen molar-refractivity contribution in [3.05, 3.63) is 58.2 Å². The molecular formula is C36H61NO2. The van der Waals surface area contributed by atoms with E-state index in [0.29, 0.717) is 6.42 Å². The summed E-state index contributed by atoms with van der Waals surface area (Å²) in [5.74, 6) is 0.487. The van der Waals surface area contributed by atoms with Crippen LogP contribution in [-0.2, 0) is 9.59 Å². The Morgan fingerprint density at radius 2 is 0.846 bits per heavy atom. The van der Waals surface area contributed by atoms with E-state index >= 15 is 0 Å². The van der Waals surface area contributed by atoms with Crippen LogP contribution in [0.4, 0.5) is 0 Å². The highest BCUT2D eigenvalue weighted by Gasteiger charge is 2.13. The van der Waals surface area contributed by atoms with Gasteiger partial charge in [-0.2, -0.15) is 0 Å². The van der Waals surface area contributed by atoms with Crippen molar-refractivity contribution in [2.24, 2.45) is 0 Å². The highest BCUT2D eigenvalue weighted by atomic mass is 16.2. The first kappa shape index (κ1) is 36.8. The summed E-state index contributed by atoms with van der Waals surface area (Å²) in [4.78, 5) is 26.0. The second-order valence-corrected chi connectivity index (χ2v) is 11.5. The highest BCUT2D eigenvalue weighted by Crippen LogP contribution is 2.16. The van der Waals surface area contributed by atoms with Gasteiger partial charge in [0.1, 0.15) is 5.78 Å². The molecular weight excluding hydrogens is 478 g/mol. The topological polar surface area (TPSA) is 37.4 Å². The van der Waals surface area contributed by atoms with Crippen LogP contribution in [0.25, 0.3) is 0 Å². The molecule has 0 radical (unpaired) electrons. The molecule has 3 nitrogen and oxygen atoms in total. The lowest BCUT2D eigenvalue weighted by atomic mass is 10.0. The van der Waals surface area contributed by atoms with Crippen LogP contribution in [0.1, 0.15) is 145 Å². The fourth-order valence-corrected chi connectivity index (χ4v) is 4.43. The van der Waals surface area contributed by atoms with Crippen molar-refractivity contribution in [3.8, 4) is 0 Å². The third-order valence-corrected chi connectivity index (χ3v) is 7.26. The molecule has 1 amide bonds. The SMILES string of the molecule is CCCCN(CCCC)C(=O)/C(C)=C/CC/C(C)=C/CC/C(C)=C/CC/C(C)=C/CC/C(C)=C/CCC(C)=O. The Balaban J connectivity index is 4.38. The van der Waals surface area contributed by atoms with Crippen molar-refractivity contribution in [3.63, 3.8) is 0 Å². The fourth-order valence-electron chi connectivity index (χ4n) is 4.43. The van der Waals surface area contributed by atoms with Crippen LogP contribution in [0, 0.1) is 0 Å². The Kier molecular flexibility index (Phi) is 22.4. The number of Topliss-reactive ketones (excluding diaryl/α,β-unsaturated/α-hetero) is 1. The Hall–Kier alpha value is -2.16. The minimum Gasteiger partial charge on any atom is -0.339 e. The van der Waals surface area contributed by atoms with Gasteiger partial charge in [-0.1, -0.05) is 79.4 Å². The number of rotatable bonds is 22. The summed E-state index contributed by atoms with van der Waals surface area (Å²) in [6.45, 7) is 18.6. The maximum absolute atomic E-state index is 12.9. The monoisotopic (exact) mass is 539 g/mol. The third kappa shape index (κ3) is 21.4. The van der Waals surface area contributed by atoms with E-state index < -0.39 is 0 Å². The van der Waals surface area contributed by atoms with E-state index in [4.69, 9.17) is 0 Å². The van der Waals surface area contributed by atoms with Gasteiger partial charge < -0.3 is 9.69 Å². The molecule has 0 saturated heterocycles. The van der Waals surface area contributed by atoms with Crippen LogP contribution >= 0.6 is 0 Å². The van der Waals surface area contributed by atoms with Gasteiger partial charge in [-0.15, -0.1) is 0 Å². The van der Waals surface area contributed by atoms with E-state index in [1.54, 1.807) is 6.92 Å². The predicted molar refractivity (Wildman–Crippen MR) is 172 cm³/mol. The smallest absolute Gasteiger partial charge is 0.249 e. The minimum atomic E-state index is 0.220. The molecule has 0 aromatic heterocycles. The molecule has 0 aromatic rings. The zero-order valence-corrected chi connectivity index (χ0v) is 27.0. The van der Waals surface area contributed by atoms with Crippen molar-refractivity contribution in [2.45, 2.75) is 145 Å². The number of nitrogens with zero attached hydrogens (tertiary/aromatic N) is 1. The molecule has 0 aliphatic heterocycles. The number of carbonyl (C=O) groups is 2. The van der Waals surface area contributed by atoms with Gasteiger partial charge in [0, 0.05) is 25.1 Å². The van der Waals surface area contributed by atoms with Crippen LogP contribution in [0.3, 0.4) is 0 Å². The van der Waals surface area contributed by atoms with Crippen molar-refractivity contribution in [1.29, 1.82) is 0 Å². The number of ketones is 1. The minimum absolute atomic E-state index is 0.220. The first-order valence-corrected chi connectivity index (χ1v) is 15.7. The van der Waals surface area contributed by atoms with Crippen molar-refractivity contribution in [2.75, 3.05) is 13.1 Å². The Morgan fingerprint density at radius 3 is 1.18 bits per heavy atom. The summed E-state index contributed by atoms with van der Waals surface area (Å²) in [6, 6.07) is 0. The molecule has 0 aromatic carbocycles. The Bertz CT molecular complexity index is 845. The Morgan fingerprint density at radius 1 is 0.513 bits per heavy atom. The second-order valence-electron chi connectivity index (χ2n) is 11.5. The van der Waals surface area contributed by atoms with E-state index in [9.17, 15) is 9.59 Å². The summed E-state index contributed by atoms with van der Waals surface area (Å²) >= 11 is 0. The number of hydrogen-bond donors (Lipinski definition) is 0. The zero-order valence-electron chi connectivity index (χ0n) is 27.0. The summed E-state index contributed by atoms with van der Waals surface area (Å²) in [7, 11) is 0. The molecule has 222 valence electrons. The molecule has 0 atom stereocenters. The second kappa shape index (κ2) is 23.7. The standard InChI is InChI=1S/C36H61NO2/c1-9-11-28-37(29-12-10-2)36(39)34(7)26-16-24-32(5)22-14-20-30(3)18-13-19-31(4)21-15-23-33(6)25-17-27-35(8)38/h18,21-22,25-26H,9-17,19-20,23-24,27-29H2,1-8H3/b30-18+,31-21+,32-22+,33-25+,34-26+. The van der Waals surface area contributed by atoms with Crippen LogP contribution in [0.2, 0.25) is 0 Å². The lowest BCUT2D eigenvalue weighted by Gasteiger charge is -2.22. The molecule has 0 unspecified atom stereocenters. The normalized spacial score (nSPS) is 13.7. The molecule has 0 rings (SSSR count). The van der Waals surface area contributed by atoms with Gasteiger partial charge in [0.25, 0.3) is 0 Å². The van der Waals surface area contributed by atoms with Gasteiger partial charge in [0.2, 0.25) is 5.91 Å². The molecule has 0 aliphatic carbocycles. The maximum Gasteiger partial charge on any atom is 0.249 e. The predicted octanol–water partition coefficient (Wildman–Crippen LogP) is 10.6. The van der Waals surface area contributed by atoms with E-state index in [0.717, 1.165) is 102 Å². The quantitative estimate of drug-likeness (QED) is 0.101. The fraction of sp³-hybridized carbons (Fsp3) is 0.667. The zero-order chi connectivity index (χ0) is 29.5. The van der Waals surface area contributed by atoms with Gasteiger partial charge in [-0.05, 0) is 112 Å². The average Bonchev–Trinajstić information content (AvgIpc) is 2.88. The lowest BCUT2D eigenvalue weighted by Crippen LogP contribution is -2.33. The molecule has 0 N–H and O–H groups in total. The maximum atomic E-state index is 12.9. The molecule has 0 saturated carbocycles. The summed E-state index contributed by atoms with van der Waals surface area (Å²) in [6.07, 6.45) is 26.0. The van der Waals surface area contributed by atoms with E-state index in [1.807, 2.05) is 11.8 Å². The Labute approximate surface area is 242 Å². The van der Waals surface area contributed by atoms with Gasteiger partial charge in [0.05, 0.1) is 0 Å². The number of hydrogen-bond acceptors (Lipinski definition) is 2. The van der Waals surface area contributed by atoms with Crippen LogP contribution in [0.15, 0.2) is 58.2 Å². The van der Waals surface area contributed by atoms with Crippen LogP contribution in [0.5, 0.6) is 0 Å². The molecule has 3 heteroatoms. The summed E-state index contributed by atoms with van der Waals surface area (Å²) in [5.41, 5.74) is 6.63.